The first-order valence-corrected chi connectivity index (χ1v) is 5.06. The molecule has 4 nitrogen and oxygen atoms in total. The lowest BCUT2D eigenvalue weighted by Crippen LogP contribution is -2.42. The summed E-state index contributed by atoms with van der Waals surface area (Å²) in [5.74, 6) is 0. The van der Waals surface area contributed by atoms with Gasteiger partial charge in [-0.1, -0.05) is 0 Å². The summed E-state index contributed by atoms with van der Waals surface area (Å²) < 4.78 is 0. The number of likely N-dealkylation sites (tertiary alicyclic amines) is 1. The van der Waals surface area contributed by atoms with Crippen LogP contribution in [0.2, 0.25) is 0 Å². The van der Waals surface area contributed by atoms with Crippen LogP contribution in [0.3, 0.4) is 0 Å². The van der Waals surface area contributed by atoms with Crippen LogP contribution in [0.5, 0.6) is 0 Å². The molecule has 4 heteroatoms. The van der Waals surface area contributed by atoms with Crippen LogP contribution in [0, 0.1) is 22.7 Å². The van der Waals surface area contributed by atoms with Crippen molar-refractivity contribution in [3.05, 3.63) is 0 Å². The maximum absolute atomic E-state index is 8.44. The lowest BCUT2D eigenvalue weighted by atomic mass is 10.1. The number of piperidine rings is 1. The van der Waals surface area contributed by atoms with Crippen molar-refractivity contribution in [1.82, 2.24) is 10.2 Å². The van der Waals surface area contributed by atoms with Crippen LogP contribution >= 0.6 is 0 Å². The fourth-order valence-corrected chi connectivity index (χ4v) is 1.76. The summed E-state index contributed by atoms with van der Waals surface area (Å²) in [6.45, 7) is 3.43. The molecule has 0 unspecified atom stereocenters. The Bertz CT molecular complexity index is 203. The quantitative estimate of drug-likeness (QED) is 0.658. The van der Waals surface area contributed by atoms with Crippen molar-refractivity contribution in [2.45, 2.75) is 25.3 Å². The highest BCUT2D eigenvalue weighted by Gasteiger charge is 2.17. The number of hydrogen-bond acceptors (Lipinski definition) is 4. The molecular weight excluding hydrogens is 176 g/mol. The zero-order valence-electron chi connectivity index (χ0n) is 8.37. The van der Waals surface area contributed by atoms with Gasteiger partial charge in [-0.2, -0.15) is 10.5 Å². The predicted molar refractivity (Wildman–Crippen MR) is 53.3 cm³/mol. The fourth-order valence-electron chi connectivity index (χ4n) is 1.76. The Morgan fingerprint density at radius 3 is 2.50 bits per heavy atom. The molecule has 0 bridgehead atoms. The van der Waals surface area contributed by atoms with Gasteiger partial charge in [0.05, 0.1) is 18.7 Å². The summed E-state index contributed by atoms with van der Waals surface area (Å²) >= 11 is 0. The van der Waals surface area contributed by atoms with Crippen molar-refractivity contribution in [1.29, 1.82) is 10.5 Å². The van der Waals surface area contributed by atoms with Crippen molar-refractivity contribution in [2.24, 2.45) is 0 Å². The first-order chi connectivity index (χ1) is 6.86. The van der Waals surface area contributed by atoms with Crippen molar-refractivity contribution in [3.8, 4) is 12.1 Å². The summed E-state index contributed by atoms with van der Waals surface area (Å²) in [6.07, 6.45) is 2.80. The van der Waals surface area contributed by atoms with Gasteiger partial charge >= 0.3 is 0 Å². The van der Waals surface area contributed by atoms with E-state index in [9.17, 15) is 0 Å². The van der Waals surface area contributed by atoms with E-state index in [4.69, 9.17) is 10.5 Å². The molecule has 0 aliphatic carbocycles. The molecule has 1 heterocycles. The van der Waals surface area contributed by atoms with Gasteiger partial charge in [-0.05, 0) is 25.9 Å². The third-order valence-electron chi connectivity index (χ3n) is 2.60. The van der Waals surface area contributed by atoms with E-state index in [1.54, 1.807) is 0 Å². The van der Waals surface area contributed by atoms with Gasteiger partial charge in [-0.15, -0.1) is 0 Å². The molecule has 14 heavy (non-hydrogen) atoms. The highest BCUT2D eigenvalue weighted by atomic mass is 15.1. The van der Waals surface area contributed by atoms with E-state index < -0.39 is 0 Å². The lowest BCUT2D eigenvalue weighted by Gasteiger charge is -2.31. The molecule has 1 fully saturated rings. The molecule has 0 amide bonds. The molecule has 1 rings (SSSR count). The topological polar surface area (TPSA) is 62.9 Å². The number of nitriles is 2. The minimum Gasteiger partial charge on any atom is -0.302 e. The van der Waals surface area contributed by atoms with Gasteiger partial charge in [0.25, 0.3) is 0 Å². The van der Waals surface area contributed by atoms with Crippen molar-refractivity contribution < 1.29 is 0 Å². The van der Waals surface area contributed by atoms with E-state index in [1.807, 2.05) is 0 Å². The van der Waals surface area contributed by atoms with Crippen LogP contribution in [-0.2, 0) is 0 Å². The van der Waals surface area contributed by atoms with E-state index in [-0.39, 0.29) is 0 Å². The summed E-state index contributed by atoms with van der Waals surface area (Å²) in [7, 11) is 0. The summed E-state index contributed by atoms with van der Waals surface area (Å²) in [5.41, 5.74) is 0. The van der Waals surface area contributed by atoms with Crippen LogP contribution in [0.15, 0.2) is 0 Å². The molecule has 0 aromatic rings. The van der Waals surface area contributed by atoms with Crippen LogP contribution in [0.25, 0.3) is 0 Å². The Morgan fingerprint density at radius 1 is 1.21 bits per heavy atom. The number of rotatable bonds is 4. The van der Waals surface area contributed by atoms with Gasteiger partial charge in [0.1, 0.15) is 0 Å². The molecular formula is C10H16N4. The molecule has 76 valence electrons. The number of nitrogens with one attached hydrogen (secondary N) is 1. The van der Waals surface area contributed by atoms with Gasteiger partial charge in [0.15, 0.2) is 0 Å². The van der Waals surface area contributed by atoms with E-state index in [2.05, 4.69) is 22.4 Å². The Hall–Kier alpha value is -1.10. The SMILES string of the molecule is N#CCCN1CCC(NCC#N)CC1. The van der Waals surface area contributed by atoms with Crippen LogP contribution in [0.1, 0.15) is 19.3 Å². The van der Waals surface area contributed by atoms with Crippen LogP contribution in [0.4, 0.5) is 0 Å². The molecule has 1 saturated heterocycles. The van der Waals surface area contributed by atoms with E-state index >= 15 is 0 Å². The smallest absolute Gasteiger partial charge is 0.0843 e. The summed E-state index contributed by atoms with van der Waals surface area (Å²) in [5, 5.41) is 20.0. The molecule has 1 aliphatic rings. The highest BCUT2D eigenvalue weighted by Crippen LogP contribution is 2.09. The number of hydrogen-bond donors (Lipinski definition) is 1. The second-order valence-electron chi connectivity index (χ2n) is 3.56. The van der Waals surface area contributed by atoms with E-state index in [0.29, 0.717) is 19.0 Å². The Labute approximate surface area is 85.1 Å². The predicted octanol–water partition coefficient (Wildman–Crippen LogP) is 0.478. The largest absolute Gasteiger partial charge is 0.302 e. The molecule has 0 aromatic heterocycles. The van der Waals surface area contributed by atoms with Gasteiger partial charge < -0.3 is 10.2 Å². The lowest BCUT2D eigenvalue weighted by molar-refractivity contribution is 0.204. The third kappa shape index (κ3) is 3.74. The summed E-state index contributed by atoms with van der Waals surface area (Å²) in [4.78, 5) is 2.31. The van der Waals surface area contributed by atoms with E-state index in [1.165, 1.54) is 0 Å². The second-order valence-corrected chi connectivity index (χ2v) is 3.56. The Balaban J connectivity index is 2.12. The van der Waals surface area contributed by atoms with Gasteiger partial charge in [0, 0.05) is 19.0 Å². The standard InChI is InChI=1S/C10H16N4/c11-4-1-7-14-8-2-10(3-9-14)13-6-5-12/h10,13H,1-3,6-9H2. The zero-order chi connectivity index (χ0) is 10.2. The molecule has 0 spiro atoms. The minimum atomic E-state index is 0.447. The second kappa shape index (κ2) is 6.37. The Kier molecular flexibility index (Phi) is 4.99. The van der Waals surface area contributed by atoms with Gasteiger partial charge in [-0.3, -0.25) is 0 Å². The minimum absolute atomic E-state index is 0.447. The third-order valence-corrected chi connectivity index (χ3v) is 2.60. The average Bonchev–Trinajstić information content (AvgIpc) is 2.25. The fraction of sp³-hybridized carbons (Fsp3) is 0.800. The molecule has 1 N–H and O–H groups in total. The zero-order valence-corrected chi connectivity index (χ0v) is 8.37. The maximum Gasteiger partial charge on any atom is 0.0843 e. The molecule has 0 atom stereocenters. The normalized spacial score (nSPS) is 18.7. The maximum atomic E-state index is 8.44. The molecule has 0 saturated carbocycles. The van der Waals surface area contributed by atoms with Crippen molar-refractivity contribution >= 4 is 0 Å². The monoisotopic (exact) mass is 192 g/mol. The summed E-state index contributed by atoms with van der Waals surface area (Å²) in [6, 6.07) is 4.75. The van der Waals surface area contributed by atoms with Crippen LogP contribution in [-0.4, -0.2) is 37.1 Å². The first-order valence-electron chi connectivity index (χ1n) is 5.06. The molecule has 1 aliphatic heterocycles. The number of nitrogens with zero attached hydrogens (tertiary/aromatic N) is 3. The van der Waals surface area contributed by atoms with Crippen molar-refractivity contribution in [3.63, 3.8) is 0 Å². The van der Waals surface area contributed by atoms with Gasteiger partial charge in [0.2, 0.25) is 0 Å². The molecule has 0 radical (unpaired) electrons. The first kappa shape index (κ1) is 11.0. The van der Waals surface area contributed by atoms with Crippen molar-refractivity contribution in [2.75, 3.05) is 26.2 Å². The van der Waals surface area contributed by atoms with Crippen LogP contribution < -0.4 is 5.32 Å². The van der Waals surface area contributed by atoms with Gasteiger partial charge in [-0.25, -0.2) is 0 Å². The molecule has 0 aromatic carbocycles. The van der Waals surface area contributed by atoms with E-state index in [0.717, 1.165) is 32.5 Å². The Morgan fingerprint density at radius 2 is 1.93 bits per heavy atom. The average molecular weight is 192 g/mol. The highest BCUT2D eigenvalue weighted by molar-refractivity contribution is 4.83.